The summed E-state index contributed by atoms with van der Waals surface area (Å²) in [5, 5.41) is 9.83. The number of aryl methyl sites for hydroxylation is 1. The Morgan fingerprint density at radius 3 is 2.71 bits per heavy atom. The van der Waals surface area contributed by atoms with E-state index >= 15 is 0 Å². The smallest absolute Gasteiger partial charge is 0.0580 e. The molecule has 0 aromatic heterocycles. The van der Waals surface area contributed by atoms with Crippen LogP contribution in [-0.4, -0.2) is 29.7 Å². The van der Waals surface area contributed by atoms with Gasteiger partial charge in [0.15, 0.2) is 0 Å². The molecular weight excluding hydrogens is 210 g/mol. The molecule has 2 heteroatoms. The molecule has 0 spiro atoms. The van der Waals surface area contributed by atoms with Crippen LogP contribution in [0.4, 0.5) is 0 Å². The molecule has 1 aromatic carbocycles. The van der Waals surface area contributed by atoms with Crippen molar-refractivity contribution in [2.75, 3.05) is 13.6 Å². The SMILES string of the molecule is Cc1ccccc1CN(C)CC1CCCC1O. The Balaban J connectivity index is 1.89. The fourth-order valence-corrected chi connectivity index (χ4v) is 2.77. The molecule has 17 heavy (non-hydrogen) atoms. The summed E-state index contributed by atoms with van der Waals surface area (Å²) in [5.41, 5.74) is 2.74. The van der Waals surface area contributed by atoms with Gasteiger partial charge in [0.1, 0.15) is 0 Å². The Bertz CT molecular complexity index is 364. The molecule has 1 fully saturated rings. The molecule has 0 aliphatic heterocycles. The van der Waals surface area contributed by atoms with Crippen molar-refractivity contribution in [3.63, 3.8) is 0 Å². The Hall–Kier alpha value is -0.860. The van der Waals surface area contributed by atoms with E-state index in [1.165, 1.54) is 24.0 Å². The van der Waals surface area contributed by atoms with Gasteiger partial charge in [0.25, 0.3) is 0 Å². The summed E-state index contributed by atoms with van der Waals surface area (Å²) in [6, 6.07) is 8.53. The normalized spacial score (nSPS) is 24.5. The fraction of sp³-hybridized carbons (Fsp3) is 0.600. The average Bonchev–Trinajstić information content (AvgIpc) is 2.68. The van der Waals surface area contributed by atoms with Crippen molar-refractivity contribution < 1.29 is 5.11 Å². The second-order valence-electron chi connectivity index (χ2n) is 5.38. The quantitative estimate of drug-likeness (QED) is 0.864. The van der Waals surface area contributed by atoms with Crippen molar-refractivity contribution >= 4 is 0 Å². The first-order valence-electron chi connectivity index (χ1n) is 6.58. The number of rotatable bonds is 4. The van der Waals surface area contributed by atoms with Gasteiger partial charge in [-0.25, -0.2) is 0 Å². The molecule has 0 radical (unpaired) electrons. The van der Waals surface area contributed by atoms with Crippen molar-refractivity contribution in [3.05, 3.63) is 35.4 Å². The molecule has 2 unspecified atom stereocenters. The van der Waals surface area contributed by atoms with Crippen LogP contribution in [-0.2, 0) is 6.54 Å². The number of aliphatic hydroxyl groups is 1. The number of hydrogen-bond donors (Lipinski definition) is 1. The lowest BCUT2D eigenvalue weighted by Gasteiger charge is -2.23. The number of hydrogen-bond acceptors (Lipinski definition) is 2. The third-order valence-corrected chi connectivity index (χ3v) is 3.87. The monoisotopic (exact) mass is 233 g/mol. The van der Waals surface area contributed by atoms with E-state index in [-0.39, 0.29) is 6.10 Å². The maximum absolute atomic E-state index is 9.83. The van der Waals surface area contributed by atoms with Gasteiger partial charge < -0.3 is 10.0 Å². The predicted molar refractivity (Wildman–Crippen MR) is 70.9 cm³/mol. The summed E-state index contributed by atoms with van der Waals surface area (Å²) in [6.45, 7) is 4.15. The molecule has 2 atom stereocenters. The minimum Gasteiger partial charge on any atom is -0.393 e. The number of benzene rings is 1. The van der Waals surface area contributed by atoms with Gasteiger partial charge in [-0.05, 0) is 43.9 Å². The van der Waals surface area contributed by atoms with Gasteiger partial charge in [-0.2, -0.15) is 0 Å². The molecule has 2 nitrogen and oxygen atoms in total. The van der Waals surface area contributed by atoms with Crippen molar-refractivity contribution in [1.29, 1.82) is 0 Å². The van der Waals surface area contributed by atoms with Crippen molar-refractivity contribution in [2.45, 2.75) is 38.8 Å². The third kappa shape index (κ3) is 3.30. The zero-order valence-corrected chi connectivity index (χ0v) is 10.9. The van der Waals surface area contributed by atoms with Crippen LogP contribution in [0.25, 0.3) is 0 Å². The lowest BCUT2D eigenvalue weighted by atomic mass is 10.0. The summed E-state index contributed by atoms with van der Waals surface area (Å²) in [5.74, 6) is 0.476. The Kier molecular flexibility index (Phi) is 4.19. The van der Waals surface area contributed by atoms with E-state index in [0.717, 1.165) is 19.5 Å². The van der Waals surface area contributed by atoms with E-state index in [1.54, 1.807) is 0 Å². The highest BCUT2D eigenvalue weighted by molar-refractivity contribution is 5.25. The van der Waals surface area contributed by atoms with E-state index in [0.29, 0.717) is 5.92 Å². The van der Waals surface area contributed by atoms with Crippen molar-refractivity contribution in [3.8, 4) is 0 Å². The summed E-state index contributed by atoms with van der Waals surface area (Å²) in [4.78, 5) is 2.33. The molecule has 0 bridgehead atoms. The molecule has 1 saturated carbocycles. The topological polar surface area (TPSA) is 23.5 Å². The maximum atomic E-state index is 9.83. The molecule has 2 rings (SSSR count). The van der Waals surface area contributed by atoms with E-state index in [2.05, 4.69) is 43.1 Å². The minimum atomic E-state index is -0.0747. The summed E-state index contributed by atoms with van der Waals surface area (Å²) in [7, 11) is 2.15. The largest absolute Gasteiger partial charge is 0.393 e. The van der Waals surface area contributed by atoms with E-state index in [9.17, 15) is 5.11 Å². The first-order valence-corrected chi connectivity index (χ1v) is 6.58. The molecule has 1 aromatic rings. The molecule has 94 valence electrons. The molecule has 1 aliphatic carbocycles. The zero-order chi connectivity index (χ0) is 12.3. The van der Waals surface area contributed by atoms with Gasteiger partial charge in [0, 0.05) is 13.1 Å². The van der Waals surface area contributed by atoms with E-state index in [4.69, 9.17) is 0 Å². The van der Waals surface area contributed by atoms with Gasteiger partial charge >= 0.3 is 0 Å². The Labute approximate surface area is 104 Å². The standard InChI is InChI=1S/C15H23NO/c1-12-6-3-4-7-13(12)10-16(2)11-14-8-5-9-15(14)17/h3-4,6-7,14-15,17H,5,8-11H2,1-2H3. The van der Waals surface area contributed by atoms with Crippen LogP contribution in [0.3, 0.4) is 0 Å². The lowest BCUT2D eigenvalue weighted by Crippen LogP contribution is -2.29. The van der Waals surface area contributed by atoms with Crippen LogP contribution in [0.2, 0.25) is 0 Å². The molecule has 1 N–H and O–H groups in total. The summed E-state index contributed by atoms with van der Waals surface area (Å²) < 4.78 is 0. The van der Waals surface area contributed by atoms with Crippen LogP contribution in [0, 0.1) is 12.8 Å². The summed E-state index contributed by atoms with van der Waals surface area (Å²) >= 11 is 0. The Morgan fingerprint density at radius 1 is 1.29 bits per heavy atom. The molecule has 0 saturated heterocycles. The van der Waals surface area contributed by atoms with Gasteiger partial charge in [0.2, 0.25) is 0 Å². The third-order valence-electron chi connectivity index (χ3n) is 3.87. The molecule has 1 aliphatic rings. The average molecular weight is 233 g/mol. The van der Waals surface area contributed by atoms with Gasteiger partial charge in [-0.3, -0.25) is 0 Å². The first kappa shape index (κ1) is 12.6. The first-order chi connectivity index (χ1) is 8.16. The van der Waals surface area contributed by atoms with Crippen molar-refractivity contribution in [1.82, 2.24) is 4.90 Å². The highest BCUT2D eigenvalue weighted by Crippen LogP contribution is 2.26. The zero-order valence-electron chi connectivity index (χ0n) is 10.9. The van der Waals surface area contributed by atoms with E-state index in [1.807, 2.05) is 0 Å². The summed E-state index contributed by atoms with van der Waals surface area (Å²) in [6.07, 6.45) is 3.28. The predicted octanol–water partition coefficient (Wildman–Crippen LogP) is 2.59. The number of aliphatic hydroxyl groups excluding tert-OH is 1. The minimum absolute atomic E-state index is 0.0747. The maximum Gasteiger partial charge on any atom is 0.0580 e. The second-order valence-corrected chi connectivity index (χ2v) is 5.38. The highest BCUT2D eigenvalue weighted by Gasteiger charge is 2.26. The highest BCUT2D eigenvalue weighted by atomic mass is 16.3. The second kappa shape index (κ2) is 5.65. The fourth-order valence-electron chi connectivity index (χ4n) is 2.77. The van der Waals surface area contributed by atoms with E-state index < -0.39 is 0 Å². The van der Waals surface area contributed by atoms with Crippen LogP contribution >= 0.6 is 0 Å². The van der Waals surface area contributed by atoms with Gasteiger partial charge in [-0.1, -0.05) is 30.7 Å². The molecular formula is C15H23NO. The molecule has 0 heterocycles. The number of nitrogens with zero attached hydrogens (tertiary/aromatic N) is 1. The van der Waals surface area contributed by atoms with Gasteiger partial charge in [0.05, 0.1) is 6.10 Å². The molecule has 0 amide bonds. The van der Waals surface area contributed by atoms with Crippen molar-refractivity contribution in [2.24, 2.45) is 5.92 Å². The van der Waals surface area contributed by atoms with Crippen LogP contribution < -0.4 is 0 Å². The van der Waals surface area contributed by atoms with Crippen LogP contribution in [0.15, 0.2) is 24.3 Å². The van der Waals surface area contributed by atoms with Crippen LogP contribution in [0.1, 0.15) is 30.4 Å². The van der Waals surface area contributed by atoms with Crippen LogP contribution in [0.5, 0.6) is 0 Å². The Morgan fingerprint density at radius 2 is 2.06 bits per heavy atom. The van der Waals surface area contributed by atoms with Gasteiger partial charge in [-0.15, -0.1) is 0 Å². The lowest BCUT2D eigenvalue weighted by molar-refractivity contribution is 0.108.